The molecule has 25 heavy (non-hydrogen) atoms. The second kappa shape index (κ2) is 10.1. The van der Waals surface area contributed by atoms with Crippen molar-refractivity contribution >= 4 is 51.3 Å². The molecule has 0 bridgehead atoms. The molecule has 1 aliphatic carbocycles. The van der Waals surface area contributed by atoms with Crippen LogP contribution in [0, 0.1) is 5.92 Å². The molecule has 144 valence electrons. The Balaban J connectivity index is 0.00000312. The summed E-state index contributed by atoms with van der Waals surface area (Å²) in [7, 11) is -1.58. The molecule has 1 saturated carbocycles. The predicted molar refractivity (Wildman–Crippen MR) is 116 cm³/mol. The number of guanidine groups is 1. The fourth-order valence-electron chi connectivity index (χ4n) is 2.52. The van der Waals surface area contributed by atoms with Crippen LogP contribution in [0.4, 0.5) is 0 Å². The first kappa shape index (κ1) is 22.7. The molecule has 0 saturated heterocycles. The van der Waals surface area contributed by atoms with E-state index in [0.717, 1.165) is 23.8 Å². The van der Waals surface area contributed by atoms with Gasteiger partial charge in [-0.3, -0.25) is 4.99 Å². The second-order valence-corrected chi connectivity index (χ2v) is 9.36. The number of nitrogens with zero attached hydrogens (tertiary/aromatic N) is 2. The van der Waals surface area contributed by atoms with Gasteiger partial charge in [0.25, 0.3) is 10.0 Å². The highest BCUT2D eigenvalue weighted by atomic mass is 127. The van der Waals surface area contributed by atoms with Gasteiger partial charge in [-0.2, -0.15) is 4.31 Å². The molecule has 0 aliphatic heterocycles. The first-order valence-electron chi connectivity index (χ1n) is 8.48. The Morgan fingerprint density at radius 1 is 1.36 bits per heavy atom. The lowest BCUT2D eigenvalue weighted by Crippen LogP contribution is -2.39. The van der Waals surface area contributed by atoms with Crippen molar-refractivity contribution in [2.45, 2.75) is 43.9 Å². The van der Waals surface area contributed by atoms with Crippen molar-refractivity contribution in [3.63, 3.8) is 0 Å². The minimum Gasteiger partial charge on any atom is -0.356 e. The lowest BCUT2D eigenvalue weighted by atomic mass is 10.3. The van der Waals surface area contributed by atoms with Crippen molar-refractivity contribution in [1.29, 1.82) is 0 Å². The Bertz CT molecular complexity index is 671. The van der Waals surface area contributed by atoms with E-state index in [1.165, 1.54) is 22.1 Å². The first-order chi connectivity index (χ1) is 11.4. The zero-order valence-corrected chi connectivity index (χ0v) is 19.2. The highest BCUT2D eigenvalue weighted by Crippen LogP contribution is 2.28. The zero-order valence-electron chi connectivity index (χ0n) is 15.3. The highest BCUT2D eigenvalue weighted by molar-refractivity contribution is 14.0. The Hall–Kier alpha value is -0.390. The van der Waals surface area contributed by atoms with Crippen LogP contribution < -0.4 is 10.6 Å². The van der Waals surface area contributed by atoms with E-state index in [1.807, 2.05) is 19.9 Å². The van der Waals surface area contributed by atoms with Gasteiger partial charge in [0.15, 0.2) is 5.96 Å². The van der Waals surface area contributed by atoms with Gasteiger partial charge in [-0.25, -0.2) is 8.42 Å². The molecule has 1 aromatic rings. The van der Waals surface area contributed by atoms with E-state index >= 15 is 0 Å². The summed E-state index contributed by atoms with van der Waals surface area (Å²) in [6.45, 7) is 7.66. The normalized spacial score (nSPS) is 20.3. The topological polar surface area (TPSA) is 73.8 Å². The first-order valence-corrected chi connectivity index (χ1v) is 10.7. The van der Waals surface area contributed by atoms with Crippen LogP contribution in [0.15, 0.2) is 21.3 Å². The maximum absolute atomic E-state index is 12.5. The van der Waals surface area contributed by atoms with Crippen LogP contribution in [0.1, 0.15) is 32.1 Å². The number of rotatable bonds is 8. The molecule has 0 amide bonds. The summed E-state index contributed by atoms with van der Waals surface area (Å²) in [6.07, 6.45) is 1.97. The highest BCUT2D eigenvalue weighted by Gasteiger charge is 2.33. The van der Waals surface area contributed by atoms with E-state index < -0.39 is 10.0 Å². The summed E-state index contributed by atoms with van der Waals surface area (Å²) in [5.41, 5.74) is 0. The number of hydrogen-bond donors (Lipinski definition) is 2. The average Bonchev–Trinajstić information content (AvgIpc) is 3.03. The maximum Gasteiger partial charge on any atom is 0.252 e. The van der Waals surface area contributed by atoms with Crippen molar-refractivity contribution in [3.8, 4) is 0 Å². The quantitative estimate of drug-likeness (QED) is 0.327. The van der Waals surface area contributed by atoms with Gasteiger partial charge in [-0.05, 0) is 30.9 Å². The second-order valence-electron chi connectivity index (χ2n) is 6.02. The van der Waals surface area contributed by atoms with E-state index in [2.05, 4.69) is 22.5 Å². The van der Waals surface area contributed by atoms with Crippen LogP contribution in [0.5, 0.6) is 0 Å². The smallest absolute Gasteiger partial charge is 0.252 e. The fraction of sp³-hybridized carbons (Fsp3) is 0.688. The minimum atomic E-state index is -3.34. The standard InChI is InChI=1S/C16H28N4O2S2.HI/c1-5-20(6-2)24(21,22)15-8-7-13(23-15)9-10-18-16(17-4)19-14-11-12(14)3;/h7-8,12,14H,5-6,9-11H2,1-4H3,(H2,17,18,19);1H. The Morgan fingerprint density at radius 2 is 2.00 bits per heavy atom. The Morgan fingerprint density at radius 3 is 2.52 bits per heavy atom. The average molecular weight is 500 g/mol. The van der Waals surface area contributed by atoms with Crippen molar-refractivity contribution < 1.29 is 8.42 Å². The summed E-state index contributed by atoms with van der Waals surface area (Å²) in [4.78, 5) is 5.28. The summed E-state index contributed by atoms with van der Waals surface area (Å²) in [5, 5.41) is 6.66. The predicted octanol–water partition coefficient (Wildman–Crippen LogP) is 2.51. The van der Waals surface area contributed by atoms with Gasteiger partial charge in [-0.1, -0.05) is 20.8 Å². The molecule has 2 unspecified atom stereocenters. The third-order valence-electron chi connectivity index (χ3n) is 4.26. The summed E-state index contributed by atoms with van der Waals surface area (Å²) in [5.74, 6) is 1.53. The largest absolute Gasteiger partial charge is 0.356 e. The van der Waals surface area contributed by atoms with E-state index in [9.17, 15) is 8.42 Å². The molecule has 2 rings (SSSR count). The molecule has 1 heterocycles. The van der Waals surface area contributed by atoms with E-state index in [-0.39, 0.29) is 24.0 Å². The molecule has 2 N–H and O–H groups in total. The summed E-state index contributed by atoms with van der Waals surface area (Å²) >= 11 is 1.35. The monoisotopic (exact) mass is 500 g/mol. The molecule has 1 aromatic heterocycles. The van der Waals surface area contributed by atoms with Gasteiger partial charge in [0.2, 0.25) is 0 Å². The molecular weight excluding hydrogens is 471 g/mol. The molecule has 9 heteroatoms. The molecule has 0 spiro atoms. The van der Waals surface area contributed by atoms with Crippen LogP contribution in [0.3, 0.4) is 0 Å². The lowest BCUT2D eigenvalue weighted by molar-refractivity contribution is 0.447. The number of aliphatic imine (C=N–C) groups is 1. The SMILES string of the molecule is CCN(CC)S(=O)(=O)c1ccc(CCNC(=NC)NC2CC2C)s1.I. The summed E-state index contributed by atoms with van der Waals surface area (Å²) in [6, 6.07) is 4.15. The summed E-state index contributed by atoms with van der Waals surface area (Å²) < 4.78 is 26.9. The van der Waals surface area contributed by atoms with Crippen molar-refractivity contribution in [1.82, 2.24) is 14.9 Å². The third-order valence-corrected chi connectivity index (χ3v) is 7.92. The number of sulfonamides is 1. The van der Waals surface area contributed by atoms with Gasteiger partial charge in [-0.15, -0.1) is 35.3 Å². The van der Waals surface area contributed by atoms with Crippen molar-refractivity contribution in [3.05, 3.63) is 17.0 Å². The minimum absolute atomic E-state index is 0. The van der Waals surface area contributed by atoms with Crippen LogP contribution >= 0.6 is 35.3 Å². The van der Waals surface area contributed by atoms with Gasteiger partial charge in [0, 0.05) is 37.6 Å². The number of thiophene rings is 1. The van der Waals surface area contributed by atoms with Crippen molar-refractivity contribution in [2.24, 2.45) is 10.9 Å². The van der Waals surface area contributed by atoms with E-state index in [0.29, 0.717) is 29.3 Å². The molecule has 6 nitrogen and oxygen atoms in total. The Kier molecular flexibility index (Phi) is 9.13. The van der Waals surface area contributed by atoms with Gasteiger partial charge in [0.1, 0.15) is 4.21 Å². The zero-order chi connectivity index (χ0) is 17.7. The number of nitrogens with one attached hydrogen (secondary N) is 2. The van der Waals surface area contributed by atoms with Gasteiger partial charge >= 0.3 is 0 Å². The van der Waals surface area contributed by atoms with E-state index in [4.69, 9.17) is 0 Å². The molecule has 1 aliphatic rings. The molecule has 0 aromatic carbocycles. The number of halogens is 1. The van der Waals surface area contributed by atoms with Crippen LogP contribution in [0.25, 0.3) is 0 Å². The van der Waals surface area contributed by atoms with E-state index in [1.54, 1.807) is 13.1 Å². The third kappa shape index (κ3) is 6.07. The number of hydrogen-bond acceptors (Lipinski definition) is 4. The fourth-order valence-corrected chi connectivity index (χ4v) is 5.49. The maximum atomic E-state index is 12.5. The molecule has 2 atom stereocenters. The van der Waals surface area contributed by atoms with Gasteiger partial charge in [0.05, 0.1) is 0 Å². The van der Waals surface area contributed by atoms with Crippen LogP contribution in [-0.2, 0) is 16.4 Å². The molecule has 1 fully saturated rings. The Labute approximate surface area is 172 Å². The molecular formula is C16H29IN4O2S2. The lowest BCUT2D eigenvalue weighted by Gasteiger charge is -2.16. The molecule has 0 radical (unpaired) electrons. The van der Waals surface area contributed by atoms with Crippen LogP contribution in [0.2, 0.25) is 0 Å². The van der Waals surface area contributed by atoms with Crippen molar-refractivity contribution in [2.75, 3.05) is 26.7 Å². The van der Waals surface area contributed by atoms with Crippen LogP contribution in [-0.4, -0.2) is 51.4 Å². The van der Waals surface area contributed by atoms with Gasteiger partial charge < -0.3 is 10.6 Å².